The molecule has 0 saturated carbocycles. The number of aliphatic carboxylic acids is 1. The summed E-state index contributed by atoms with van der Waals surface area (Å²) >= 11 is 0. The molecule has 1 unspecified atom stereocenters. The van der Waals surface area contributed by atoms with Gasteiger partial charge in [0.1, 0.15) is 12.2 Å². The second-order valence-electron chi connectivity index (χ2n) is 6.40. The van der Waals surface area contributed by atoms with Crippen LogP contribution in [0.3, 0.4) is 0 Å². The van der Waals surface area contributed by atoms with E-state index in [9.17, 15) is 9.90 Å². The molecule has 2 heterocycles. The second-order valence-corrected chi connectivity index (χ2v) is 6.40. The Balaban J connectivity index is 2.10. The third-order valence-corrected chi connectivity index (χ3v) is 4.41. The summed E-state index contributed by atoms with van der Waals surface area (Å²) in [6, 6.07) is 0.319. The van der Waals surface area contributed by atoms with Crippen molar-refractivity contribution in [1.82, 2.24) is 19.7 Å². The van der Waals surface area contributed by atoms with Gasteiger partial charge in [-0.25, -0.2) is 0 Å². The van der Waals surface area contributed by atoms with Crippen molar-refractivity contribution < 1.29 is 9.90 Å². The minimum absolute atomic E-state index is 0.319. The van der Waals surface area contributed by atoms with E-state index in [1.54, 1.807) is 6.33 Å². The maximum atomic E-state index is 11.7. The first-order valence-electron chi connectivity index (χ1n) is 7.82. The number of carbonyl (C=O) groups is 1. The van der Waals surface area contributed by atoms with E-state index in [1.165, 1.54) is 0 Å². The SMILES string of the molecule is CCCC1(C(=O)O)CCCN(Cc2nncn2C(C)C)C1. The van der Waals surface area contributed by atoms with Gasteiger partial charge in [-0.3, -0.25) is 9.69 Å². The van der Waals surface area contributed by atoms with Crippen molar-refractivity contribution in [3.63, 3.8) is 0 Å². The molecule has 0 radical (unpaired) electrons. The maximum Gasteiger partial charge on any atom is 0.310 e. The lowest BCUT2D eigenvalue weighted by Gasteiger charge is -2.39. The van der Waals surface area contributed by atoms with Crippen molar-refractivity contribution in [2.24, 2.45) is 5.41 Å². The molecule has 1 saturated heterocycles. The molecule has 118 valence electrons. The third kappa shape index (κ3) is 3.43. The van der Waals surface area contributed by atoms with E-state index in [1.807, 2.05) is 0 Å². The van der Waals surface area contributed by atoms with Crippen LogP contribution in [0.2, 0.25) is 0 Å². The van der Waals surface area contributed by atoms with Gasteiger partial charge >= 0.3 is 5.97 Å². The highest BCUT2D eigenvalue weighted by molar-refractivity contribution is 5.75. The topological polar surface area (TPSA) is 71.2 Å². The Labute approximate surface area is 126 Å². The van der Waals surface area contributed by atoms with Gasteiger partial charge in [0, 0.05) is 12.6 Å². The van der Waals surface area contributed by atoms with Crippen LogP contribution in [0.4, 0.5) is 0 Å². The van der Waals surface area contributed by atoms with E-state index in [0.717, 1.165) is 38.1 Å². The molecular weight excluding hydrogens is 268 g/mol. The largest absolute Gasteiger partial charge is 0.481 e. The molecule has 21 heavy (non-hydrogen) atoms. The highest BCUT2D eigenvalue weighted by Gasteiger charge is 2.41. The van der Waals surface area contributed by atoms with Crippen LogP contribution in [0.1, 0.15) is 58.3 Å². The average Bonchev–Trinajstić information content (AvgIpc) is 2.87. The highest BCUT2D eigenvalue weighted by Crippen LogP contribution is 2.35. The zero-order chi connectivity index (χ0) is 15.5. The summed E-state index contributed by atoms with van der Waals surface area (Å²) in [5.41, 5.74) is -0.588. The van der Waals surface area contributed by atoms with Gasteiger partial charge < -0.3 is 9.67 Å². The summed E-state index contributed by atoms with van der Waals surface area (Å²) < 4.78 is 2.05. The van der Waals surface area contributed by atoms with E-state index in [4.69, 9.17) is 0 Å². The number of nitrogens with zero attached hydrogens (tertiary/aromatic N) is 4. The van der Waals surface area contributed by atoms with Gasteiger partial charge in [0.05, 0.1) is 12.0 Å². The lowest BCUT2D eigenvalue weighted by molar-refractivity contribution is -0.153. The predicted molar refractivity (Wildman–Crippen MR) is 79.9 cm³/mol. The Morgan fingerprint density at radius 2 is 2.29 bits per heavy atom. The lowest BCUT2D eigenvalue weighted by Crippen LogP contribution is -2.47. The normalized spacial score (nSPS) is 23.6. The van der Waals surface area contributed by atoms with E-state index in [2.05, 4.69) is 40.4 Å². The number of likely N-dealkylation sites (tertiary alicyclic amines) is 1. The molecule has 1 aromatic heterocycles. The number of piperidine rings is 1. The molecule has 1 N–H and O–H groups in total. The molecule has 0 aromatic carbocycles. The summed E-state index contributed by atoms with van der Waals surface area (Å²) in [5, 5.41) is 17.8. The average molecular weight is 294 g/mol. The van der Waals surface area contributed by atoms with Crippen molar-refractivity contribution >= 4 is 5.97 Å². The summed E-state index contributed by atoms with van der Waals surface area (Å²) in [4.78, 5) is 13.9. The predicted octanol–water partition coefficient (Wildman–Crippen LogP) is 2.33. The van der Waals surface area contributed by atoms with Crippen LogP contribution in [0, 0.1) is 5.41 Å². The first-order chi connectivity index (χ1) is 9.98. The van der Waals surface area contributed by atoms with Crippen LogP contribution < -0.4 is 0 Å². The molecule has 6 nitrogen and oxygen atoms in total. The summed E-state index contributed by atoms with van der Waals surface area (Å²) in [6.45, 7) is 8.48. The van der Waals surface area contributed by atoms with Gasteiger partial charge in [-0.05, 0) is 39.7 Å². The van der Waals surface area contributed by atoms with Crippen molar-refractivity contribution in [2.75, 3.05) is 13.1 Å². The van der Waals surface area contributed by atoms with Crippen LogP contribution in [-0.2, 0) is 11.3 Å². The quantitative estimate of drug-likeness (QED) is 0.872. The first kappa shape index (κ1) is 15.9. The number of hydrogen-bond donors (Lipinski definition) is 1. The van der Waals surface area contributed by atoms with Crippen LogP contribution in [-0.4, -0.2) is 43.8 Å². The number of aromatic nitrogens is 3. The van der Waals surface area contributed by atoms with E-state index < -0.39 is 11.4 Å². The molecule has 0 amide bonds. The second kappa shape index (κ2) is 6.56. The van der Waals surface area contributed by atoms with Crippen molar-refractivity contribution in [3.8, 4) is 0 Å². The smallest absolute Gasteiger partial charge is 0.310 e. The molecule has 0 bridgehead atoms. The maximum absolute atomic E-state index is 11.7. The van der Waals surface area contributed by atoms with Crippen LogP contribution in [0.25, 0.3) is 0 Å². The Morgan fingerprint density at radius 3 is 2.90 bits per heavy atom. The van der Waals surface area contributed by atoms with Crippen LogP contribution >= 0.6 is 0 Å². The van der Waals surface area contributed by atoms with Crippen molar-refractivity contribution in [2.45, 2.75) is 59.0 Å². The number of carboxylic acids is 1. The fourth-order valence-electron chi connectivity index (χ4n) is 3.34. The zero-order valence-corrected chi connectivity index (χ0v) is 13.2. The van der Waals surface area contributed by atoms with Gasteiger partial charge in [0.2, 0.25) is 0 Å². The van der Waals surface area contributed by atoms with Gasteiger partial charge in [0.25, 0.3) is 0 Å². The molecule has 1 fully saturated rings. The standard InChI is InChI=1S/C15H26N4O2/c1-4-6-15(14(20)21)7-5-8-18(10-15)9-13-17-16-11-19(13)12(2)3/h11-12H,4-10H2,1-3H3,(H,20,21). The van der Waals surface area contributed by atoms with E-state index in [-0.39, 0.29) is 0 Å². The number of hydrogen-bond acceptors (Lipinski definition) is 4. The molecule has 6 heteroatoms. The van der Waals surface area contributed by atoms with Crippen LogP contribution in [0.5, 0.6) is 0 Å². The van der Waals surface area contributed by atoms with Gasteiger partial charge in [-0.2, -0.15) is 0 Å². The van der Waals surface area contributed by atoms with Crippen molar-refractivity contribution in [3.05, 3.63) is 12.2 Å². The van der Waals surface area contributed by atoms with Gasteiger partial charge in [-0.1, -0.05) is 13.3 Å². The fourth-order valence-corrected chi connectivity index (χ4v) is 3.34. The summed E-state index contributed by atoms with van der Waals surface area (Å²) in [7, 11) is 0. The molecule has 1 aliphatic heterocycles. The van der Waals surface area contributed by atoms with Crippen molar-refractivity contribution in [1.29, 1.82) is 0 Å². The molecule has 1 aliphatic rings. The molecule has 0 spiro atoms. The van der Waals surface area contributed by atoms with E-state index >= 15 is 0 Å². The van der Waals surface area contributed by atoms with Gasteiger partial charge in [0.15, 0.2) is 0 Å². The summed E-state index contributed by atoms with van der Waals surface area (Å²) in [5.74, 6) is 0.266. The third-order valence-electron chi connectivity index (χ3n) is 4.41. The zero-order valence-electron chi connectivity index (χ0n) is 13.2. The van der Waals surface area contributed by atoms with E-state index in [0.29, 0.717) is 19.1 Å². The number of carboxylic acid groups (broad SMARTS) is 1. The number of rotatable bonds is 6. The highest BCUT2D eigenvalue weighted by atomic mass is 16.4. The molecule has 1 atom stereocenters. The monoisotopic (exact) mass is 294 g/mol. The summed E-state index contributed by atoms with van der Waals surface area (Å²) in [6.07, 6.45) is 5.12. The fraction of sp³-hybridized carbons (Fsp3) is 0.800. The molecular formula is C15H26N4O2. The Morgan fingerprint density at radius 1 is 1.52 bits per heavy atom. The molecule has 1 aromatic rings. The molecule has 2 rings (SSSR count). The Bertz CT molecular complexity index is 482. The molecule has 0 aliphatic carbocycles. The van der Waals surface area contributed by atoms with Crippen LogP contribution in [0.15, 0.2) is 6.33 Å². The Hall–Kier alpha value is -1.43. The Kier molecular flexibility index (Phi) is 4.98. The lowest BCUT2D eigenvalue weighted by atomic mass is 9.76. The minimum Gasteiger partial charge on any atom is -0.481 e. The minimum atomic E-state index is -0.653. The first-order valence-corrected chi connectivity index (χ1v) is 7.82. The van der Waals surface area contributed by atoms with Gasteiger partial charge in [-0.15, -0.1) is 10.2 Å².